The molecule has 3 rings (SSSR count). The summed E-state index contributed by atoms with van der Waals surface area (Å²) in [6.45, 7) is 3.69. The second-order valence-corrected chi connectivity index (χ2v) is 8.72. The van der Waals surface area contributed by atoms with Crippen LogP contribution in [0.2, 0.25) is 0 Å². The molecule has 0 spiro atoms. The molecule has 10 heteroatoms. The van der Waals surface area contributed by atoms with Gasteiger partial charge in [0.1, 0.15) is 12.1 Å². The molecule has 2 aromatic rings. The topological polar surface area (TPSA) is 114 Å². The number of nitrogens with zero attached hydrogens (tertiary/aromatic N) is 1. The summed E-state index contributed by atoms with van der Waals surface area (Å²) in [5, 5.41) is 13.0. The zero-order valence-corrected chi connectivity index (χ0v) is 21.2. The third kappa shape index (κ3) is 8.02. The van der Waals surface area contributed by atoms with Gasteiger partial charge in [-0.15, -0.1) is 0 Å². The maximum absolute atomic E-state index is 13.5. The van der Waals surface area contributed by atoms with E-state index >= 15 is 0 Å². The fourth-order valence-electron chi connectivity index (χ4n) is 4.45. The number of nitrogens with one attached hydrogen (secondary N) is 1. The molecule has 1 aliphatic heterocycles. The zero-order valence-electron chi connectivity index (χ0n) is 21.2. The molecule has 0 saturated heterocycles. The van der Waals surface area contributed by atoms with Gasteiger partial charge in [-0.2, -0.15) is 0 Å². The molecular formula is C27H35KN2O7. The van der Waals surface area contributed by atoms with Gasteiger partial charge in [0.05, 0.1) is 26.9 Å². The molecule has 0 aromatic heterocycles. The Kier molecular flexibility index (Phi) is 12.5. The number of carbonyl (C=O) groups excluding carboxylic acids is 2. The van der Waals surface area contributed by atoms with E-state index < -0.39 is 36.0 Å². The molecule has 9 nitrogen and oxygen atoms in total. The van der Waals surface area contributed by atoms with Gasteiger partial charge in [-0.05, 0) is 55.5 Å². The molecule has 1 aliphatic rings. The first-order valence-corrected chi connectivity index (χ1v) is 12.0. The number of carbonyl (C=O) groups is 3. The van der Waals surface area contributed by atoms with E-state index in [1.807, 2.05) is 30.3 Å². The van der Waals surface area contributed by atoms with Crippen molar-refractivity contribution in [1.29, 1.82) is 0 Å². The van der Waals surface area contributed by atoms with E-state index in [1.165, 1.54) is 19.1 Å². The van der Waals surface area contributed by atoms with E-state index in [0.29, 0.717) is 24.3 Å². The Hall–Kier alpha value is -1.95. The van der Waals surface area contributed by atoms with Crippen molar-refractivity contribution < 1.29 is 33.7 Å². The van der Waals surface area contributed by atoms with Gasteiger partial charge in [-0.25, -0.2) is 4.79 Å². The van der Waals surface area contributed by atoms with Crippen LogP contribution < -0.4 is 14.8 Å². The van der Waals surface area contributed by atoms with Crippen LogP contribution in [0.25, 0.3) is 0 Å². The molecule has 196 valence electrons. The van der Waals surface area contributed by atoms with Crippen LogP contribution in [-0.4, -0.2) is 118 Å². The Morgan fingerprint density at radius 3 is 2.27 bits per heavy atom. The number of hydrogen-bond donors (Lipinski definition) is 2. The first-order valence-electron chi connectivity index (χ1n) is 12.0. The Morgan fingerprint density at radius 1 is 1.08 bits per heavy atom. The fourth-order valence-corrected chi connectivity index (χ4v) is 4.45. The molecule has 0 aliphatic carbocycles. The summed E-state index contributed by atoms with van der Waals surface area (Å²) in [6, 6.07) is 10.7. The van der Waals surface area contributed by atoms with Crippen molar-refractivity contribution >= 4 is 69.2 Å². The summed E-state index contributed by atoms with van der Waals surface area (Å²) < 4.78 is 15.9. The number of benzene rings is 2. The van der Waals surface area contributed by atoms with Crippen molar-refractivity contribution in [2.24, 2.45) is 0 Å². The standard InChI is InChI=1S/C27H34N2O7.K.H/c1-5-36-27(33)21(12-11-18-9-7-6-8-10-18)28-17(2)25(30)29-16-20-15-24(35-4)23(34-3)14-19(20)13-22(29)26(31)32;;/h6-10,14-15,17,21-22,28H,5,11-13,16H2,1-4H3,(H,31,32);;/t17?,21?,22-;;/m0../s1. The average molecular weight is 539 g/mol. The third-order valence-corrected chi connectivity index (χ3v) is 6.36. The number of aryl methyl sites for hydroxylation is 1. The summed E-state index contributed by atoms with van der Waals surface area (Å²) in [5.74, 6) is -0.930. The molecule has 1 amide bonds. The van der Waals surface area contributed by atoms with E-state index in [1.54, 1.807) is 26.0 Å². The molecule has 3 atom stereocenters. The summed E-state index contributed by atoms with van der Waals surface area (Å²) in [6.07, 6.45) is 1.19. The van der Waals surface area contributed by atoms with Crippen LogP contribution in [0, 0.1) is 0 Å². The number of aliphatic carboxylic acids is 1. The van der Waals surface area contributed by atoms with Crippen molar-refractivity contribution in [3.63, 3.8) is 0 Å². The Balaban J connectivity index is 0.00000481. The fraction of sp³-hybridized carbons (Fsp3) is 0.444. The molecule has 0 bridgehead atoms. The maximum atomic E-state index is 13.5. The monoisotopic (exact) mass is 538 g/mol. The molecule has 2 aromatic carbocycles. The Labute approximate surface area is 260 Å². The van der Waals surface area contributed by atoms with E-state index in [0.717, 1.165) is 16.7 Å². The van der Waals surface area contributed by atoms with E-state index in [2.05, 4.69) is 5.32 Å². The number of rotatable bonds is 11. The molecular weight excluding hydrogens is 503 g/mol. The summed E-state index contributed by atoms with van der Waals surface area (Å²) in [7, 11) is 3.04. The predicted molar refractivity (Wildman–Crippen MR) is 140 cm³/mol. The van der Waals surface area contributed by atoms with Crippen molar-refractivity contribution in [3.8, 4) is 11.5 Å². The SMILES string of the molecule is CCOC(=O)C(CCc1ccccc1)NC(C)C(=O)N1Cc2cc(OC)c(OC)cc2C[C@H]1C(=O)O.[KH]. The number of esters is 1. The van der Waals surface area contributed by atoms with Gasteiger partial charge in [0.15, 0.2) is 11.5 Å². The molecule has 0 fully saturated rings. The van der Waals surface area contributed by atoms with Crippen molar-refractivity contribution in [2.75, 3.05) is 20.8 Å². The number of carboxylic acid groups (broad SMARTS) is 1. The van der Waals surface area contributed by atoms with Crippen LogP contribution in [-0.2, 0) is 38.5 Å². The predicted octanol–water partition coefficient (Wildman–Crippen LogP) is 1.94. The summed E-state index contributed by atoms with van der Waals surface area (Å²) >= 11 is 0. The first-order chi connectivity index (χ1) is 17.3. The van der Waals surface area contributed by atoms with Gasteiger partial charge < -0.3 is 24.2 Å². The second-order valence-electron chi connectivity index (χ2n) is 8.72. The number of ether oxygens (including phenoxy) is 3. The average Bonchev–Trinajstić information content (AvgIpc) is 2.89. The normalized spacial score (nSPS) is 16.0. The zero-order chi connectivity index (χ0) is 26.2. The van der Waals surface area contributed by atoms with Gasteiger partial charge in [-0.1, -0.05) is 30.3 Å². The van der Waals surface area contributed by atoms with Crippen LogP contribution in [0.1, 0.15) is 37.0 Å². The summed E-state index contributed by atoms with van der Waals surface area (Å²) in [5.41, 5.74) is 2.64. The van der Waals surface area contributed by atoms with Crippen molar-refractivity contribution in [2.45, 2.75) is 57.8 Å². The molecule has 2 N–H and O–H groups in total. The molecule has 0 radical (unpaired) electrons. The summed E-state index contributed by atoms with van der Waals surface area (Å²) in [4.78, 5) is 39.6. The minimum atomic E-state index is -1.10. The van der Waals surface area contributed by atoms with Gasteiger partial charge >= 0.3 is 63.3 Å². The molecule has 1 heterocycles. The van der Waals surface area contributed by atoms with Crippen LogP contribution in [0.15, 0.2) is 42.5 Å². The van der Waals surface area contributed by atoms with Gasteiger partial charge in [0, 0.05) is 13.0 Å². The van der Waals surface area contributed by atoms with Crippen LogP contribution in [0.5, 0.6) is 11.5 Å². The van der Waals surface area contributed by atoms with Gasteiger partial charge in [0.2, 0.25) is 5.91 Å². The number of hydrogen-bond acceptors (Lipinski definition) is 7. The minimum absolute atomic E-state index is 0. The van der Waals surface area contributed by atoms with E-state index in [4.69, 9.17) is 14.2 Å². The first kappa shape index (κ1) is 31.3. The molecule has 2 unspecified atom stereocenters. The second kappa shape index (κ2) is 14.8. The van der Waals surface area contributed by atoms with Crippen molar-refractivity contribution in [1.82, 2.24) is 10.2 Å². The van der Waals surface area contributed by atoms with Crippen LogP contribution >= 0.6 is 0 Å². The third-order valence-electron chi connectivity index (χ3n) is 6.36. The van der Waals surface area contributed by atoms with Gasteiger partial charge in [-0.3, -0.25) is 14.9 Å². The van der Waals surface area contributed by atoms with Crippen LogP contribution in [0.4, 0.5) is 0 Å². The Bertz CT molecular complexity index is 1080. The van der Waals surface area contributed by atoms with Crippen molar-refractivity contribution in [3.05, 3.63) is 59.2 Å². The Morgan fingerprint density at radius 2 is 1.70 bits per heavy atom. The number of carboxylic acids is 1. The molecule has 0 saturated carbocycles. The quantitative estimate of drug-likeness (QED) is 0.330. The van der Waals surface area contributed by atoms with E-state index in [9.17, 15) is 19.5 Å². The van der Waals surface area contributed by atoms with Gasteiger partial charge in [0.25, 0.3) is 0 Å². The number of methoxy groups -OCH3 is 2. The van der Waals surface area contributed by atoms with Crippen LogP contribution in [0.3, 0.4) is 0 Å². The van der Waals surface area contributed by atoms with E-state index in [-0.39, 0.29) is 71.0 Å². The number of fused-ring (bicyclic) bond motifs is 1. The number of amides is 1. The molecule has 37 heavy (non-hydrogen) atoms.